The second kappa shape index (κ2) is 13.9. The highest BCUT2D eigenvalue weighted by atomic mass is 16.5. The van der Waals surface area contributed by atoms with E-state index in [0.717, 1.165) is 19.3 Å². The number of anilines is 2. The molecule has 2 aromatic rings. The summed E-state index contributed by atoms with van der Waals surface area (Å²) in [5.41, 5.74) is 1.72. The molecule has 1 aliphatic heterocycles. The number of carbonyl (C=O) groups is 5. The molecule has 0 aromatic heterocycles. The van der Waals surface area contributed by atoms with Crippen LogP contribution in [0.4, 0.5) is 11.4 Å². The van der Waals surface area contributed by atoms with Crippen LogP contribution < -0.4 is 10.2 Å². The predicted molar refractivity (Wildman–Crippen MR) is 139 cm³/mol. The van der Waals surface area contributed by atoms with Gasteiger partial charge in [0.05, 0.1) is 30.3 Å². The zero-order chi connectivity index (χ0) is 27.5. The summed E-state index contributed by atoms with van der Waals surface area (Å²) in [6, 6.07) is 12.6. The molecule has 1 aliphatic rings. The van der Waals surface area contributed by atoms with E-state index in [-0.39, 0.29) is 18.9 Å². The molecule has 38 heavy (non-hydrogen) atoms. The first kappa shape index (κ1) is 28.4. The van der Waals surface area contributed by atoms with Crippen LogP contribution in [0.2, 0.25) is 0 Å². The number of nitrogens with one attached hydrogen (secondary N) is 1. The van der Waals surface area contributed by atoms with Crippen molar-refractivity contribution in [1.82, 2.24) is 0 Å². The van der Waals surface area contributed by atoms with Crippen molar-refractivity contribution < 1.29 is 38.2 Å². The number of unbranched alkanes of at least 4 members (excludes halogenated alkanes) is 1. The fourth-order valence-electron chi connectivity index (χ4n) is 3.70. The van der Waals surface area contributed by atoms with Gasteiger partial charge in [0.2, 0.25) is 5.91 Å². The minimum Gasteiger partial charge on any atom is -0.462 e. The van der Waals surface area contributed by atoms with Gasteiger partial charge in [-0.2, -0.15) is 0 Å². The number of nitrogens with zero attached hydrogens (tertiary/aromatic N) is 1. The van der Waals surface area contributed by atoms with Gasteiger partial charge >= 0.3 is 17.9 Å². The van der Waals surface area contributed by atoms with Crippen molar-refractivity contribution in [2.75, 3.05) is 36.6 Å². The lowest BCUT2D eigenvalue weighted by molar-refractivity contribution is -0.151. The van der Waals surface area contributed by atoms with Gasteiger partial charge in [-0.15, -0.1) is 0 Å². The summed E-state index contributed by atoms with van der Waals surface area (Å²) in [6.45, 7) is 4.17. The Balaban J connectivity index is 1.46. The Morgan fingerprint density at radius 2 is 1.45 bits per heavy atom. The summed E-state index contributed by atoms with van der Waals surface area (Å²) >= 11 is 0. The van der Waals surface area contributed by atoms with Crippen molar-refractivity contribution in [3.05, 3.63) is 59.7 Å². The summed E-state index contributed by atoms with van der Waals surface area (Å²) in [6.07, 6.45) is 2.38. The minimum absolute atomic E-state index is 0.0448. The zero-order valence-electron chi connectivity index (χ0n) is 21.6. The Morgan fingerprint density at radius 3 is 2.05 bits per heavy atom. The molecule has 0 saturated carbocycles. The molecule has 1 saturated heterocycles. The van der Waals surface area contributed by atoms with Gasteiger partial charge in [-0.1, -0.05) is 20.3 Å². The van der Waals surface area contributed by atoms with Gasteiger partial charge < -0.3 is 24.4 Å². The van der Waals surface area contributed by atoms with E-state index in [2.05, 4.69) is 5.32 Å². The Kier molecular flexibility index (Phi) is 10.4. The molecular weight excluding hydrogens is 492 g/mol. The van der Waals surface area contributed by atoms with Gasteiger partial charge in [0.1, 0.15) is 0 Å². The molecular formula is C28H32N2O8. The van der Waals surface area contributed by atoms with Crippen molar-refractivity contribution in [2.45, 2.75) is 39.5 Å². The molecule has 0 radical (unpaired) electrons. The van der Waals surface area contributed by atoms with Crippen LogP contribution in [-0.2, 0) is 28.6 Å². The fraction of sp³-hybridized carbons (Fsp3) is 0.393. The second-order valence-corrected chi connectivity index (χ2v) is 8.81. The Labute approximate surface area is 221 Å². The highest BCUT2D eigenvalue weighted by Crippen LogP contribution is 2.26. The molecule has 1 heterocycles. The van der Waals surface area contributed by atoms with E-state index in [1.807, 2.05) is 13.8 Å². The van der Waals surface area contributed by atoms with E-state index in [0.29, 0.717) is 35.7 Å². The molecule has 10 nitrogen and oxygen atoms in total. The number of esters is 3. The second-order valence-electron chi connectivity index (χ2n) is 8.81. The first-order chi connectivity index (χ1) is 18.3. The average Bonchev–Trinajstić information content (AvgIpc) is 3.32. The summed E-state index contributed by atoms with van der Waals surface area (Å²) in [7, 11) is 0. The van der Waals surface area contributed by atoms with E-state index in [9.17, 15) is 24.0 Å². The monoisotopic (exact) mass is 524 g/mol. The quantitative estimate of drug-likeness (QED) is 0.253. The first-order valence-electron chi connectivity index (χ1n) is 12.6. The van der Waals surface area contributed by atoms with Crippen LogP contribution in [0, 0.1) is 5.92 Å². The summed E-state index contributed by atoms with van der Waals surface area (Å²) in [4.78, 5) is 62.6. The van der Waals surface area contributed by atoms with Crippen LogP contribution in [-0.4, -0.2) is 56.1 Å². The van der Waals surface area contributed by atoms with Crippen molar-refractivity contribution in [3.63, 3.8) is 0 Å². The average molecular weight is 525 g/mol. The van der Waals surface area contributed by atoms with E-state index in [1.165, 1.54) is 17.0 Å². The van der Waals surface area contributed by atoms with Gasteiger partial charge in [-0.05, 0) is 61.4 Å². The van der Waals surface area contributed by atoms with E-state index in [1.54, 1.807) is 36.4 Å². The van der Waals surface area contributed by atoms with Gasteiger partial charge in [0, 0.05) is 24.3 Å². The van der Waals surface area contributed by atoms with Crippen LogP contribution in [0.1, 0.15) is 60.2 Å². The van der Waals surface area contributed by atoms with Gasteiger partial charge in [-0.25, -0.2) is 9.59 Å². The van der Waals surface area contributed by atoms with E-state index < -0.39 is 36.3 Å². The van der Waals surface area contributed by atoms with Crippen molar-refractivity contribution in [1.29, 1.82) is 0 Å². The van der Waals surface area contributed by atoms with Gasteiger partial charge in [-0.3, -0.25) is 14.4 Å². The molecule has 202 valence electrons. The molecule has 1 fully saturated rings. The van der Waals surface area contributed by atoms with Gasteiger partial charge in [0.15, 0.2) is 6.61 Å². The molecule has 0 aliphatic carbocycles. The number of ether oxygens (including phenoxy) is 3. The highest BCUT2D eigenvalue weighted by molar-refractivity contribution is 6.00. The molecule has 1 atom stereocenters. The summed E-state index contributed by atoms with van der Waals surface area (Å²) < 4.78 is 15.4. The van der Waals surface area contributed by atoms with Crippen LogP contribution in [0.3, 0.4) is 0 Å². The Hall–Kier alpha value is -4.21. The molecule has 10 heteroatoms. The SMILES string of the molecule is CCCCOC(=O)c1ccc(N2C[C@H](C(=O)OCC(=O)Nc3ccc(C(=O)OCCC)cc3)CC2=O)cc1. The maximum atomic E-state index is 12.5. The Bertz CT molecular complexity index is 1140. The lowest BCUT2D eigenvalue weighted by Gasteiger charge is -2.17. The number of hydrogen-bond donors (Lipinski definition) is 1. The van der Waals surface area contributed by atoms with Crippen molar-refractivity contribution in [3.8, 4) is 0 Å². The van der Waals surface area contributed by atoms with E-state index in [4.69, 9.17) is 14.2 Å². The van der Waals surface area contributed by atoms with Crippen LogP contribution >= 0.6 is 0 Å². The third kappa shape index (κ3) is 7.89. The summed E-state index contributed by atoms with van der Waals surface area (Å²) in [5.74, 6) is -3.06. The third-order valence-electron chi connectivity index (χ3n) is 5.79. The highest BCUT2D eigenvalue weighted by Gasteiger charge is 2.36. The molecule has 0 bridgehead atoms. The summed E-state index contributed by atoms with van der Waals surface area (Å²) in [5, 5.41) is 2.59. The number of amides is 2. The normalized spacial score (nSPS) is 14.6. The molecule has 2 amide bonds. The molecule has 0 spiro atoms. The standard InChI is InChI=1S/C28H32N2O8/c1-3-5-15-37-27(34)20-8-12-23(13-9-20)30-17-21(16-25(30)32)28(35)38-18-24(31)29-22-10-6-19(7-11-22)26(33)36-14-4-2/h6-13,21H,3-5,14-18H2,1-2H3,(H,29,31)/t21-/m1/s1. The van der Waals surface area contributed by atoms with Crippen LogP contribution in [0.15, 0.2) is 48.5 Å². The Morgan fingerprint density at radius 1 is 0.842 bits per heavy atom. The number of rotatable bonds is 12. The molecule has 3 rings (SSSR count). The van der Waals surface area contributed by atoms with Crippen molar-refractivity contribution in [2.24, 2.45) is 5.92 Å². The fourth-order valence-corrected chi connectivity index (χ4v) is 3.70. The van der Waals surface area contributed by atoms with Crippen LogP contribution in [0.5, 0.6) is 0 Å². The first-order valence-corrected chi connectivity index (χ1v) is 12.6. The number of hydrogen-bond acceptors (Lipinski definition) is 8. The maximum absolute atomic E-state index is 12.5. The molecule has 1 N–H and O–H groups in total. The number of benzene rings is 2. The molecule has 2 aromatic carbocycles. The van der Waals surface area contributed by atoms with E-state index >= 15 is 0 Å². The predicted octanol–water partition coefficient (Wildman–Crippen LogP) is 3.75. The van der Waals surface area contributed by atoms with Gasteiger partial charge in [0.25, 0.3) is 5.91 Å². The largest absolute Gasteiger partial charge is 0.462 e. The third-order valence-corrected chi connectivity index (χ3v) is 5.79. The minimum atomic E-state index is -0.720. The topological polar surface area (TPSA) is 128 Å². The van der Waals surface area contributed by atoms with Crippen molar-refractivity contribution >= 4 is 41.1 Å². The smallest absolute Gasteiger partial charge is 0.338 e. The number of carbonyl (C=O) groups excluding carboxylic acids is 5. The lowest BCUT2D eigenvalue weighted by Crippen LogP contribution is -2.28. The van der Waals surface area contributed by atoms with Crippen LogP contribution in [0.25, 0.3) is 0 Å². The zero-order valence-corrected chi connectivity index (χ0v) is 21.6. The maximum Gasteiger partial charge on any atom is 0.338 e. The molecule has 0 unspecified atom stereocenters. The lowest BCUT2D eigenvalue weighted by atomic mass is 10.1.